The number of nitriles is 1. The van der Waals surface area contributed by atoms with E-state index in [9.17, 15) is 4.79 Å². The van der Waals surface area contributed by atoms with E-state index in [2.05, 4.69) is 23.1 Å². The van der Waals surface area contributed by atoms with Crippen LogP contribution in [0.2, 0.25) is 0 Å². The van der Waals surface area contributed by atoms with Crippen LogP contribution in [0.25, 0.3) is 0 Å². The fourth-order valence-electron chi connectivity index (χ4n) is 3.14. The van der Waals surface area contributed by atoms with E-state index in [1.54, 1.807) is 36.2 Å². The predicted octanol–water partition coefficient (Wildman–Crippen LogP) is 3.20. The van der Waals surface area contributed by atoms with E-state index >= 15 is 0 Å². The average molecular weight is 349 g/mol. The van der Waals surface area contributed by atoms with Gasteiger partial charge in [-0.1, -0.05) is 18.2 Å². The summed E-state index contributed by atoms with van der Waals surface area (Å²) in [5, 5.41) is 8.81. The molecular weight excluding hydrogens is 326 g/mol. The largest absolute Gasteiger partial charge is 0.484 e. The highest BCUT2D eigenvalue weighted by Gasteiger charge is 2.17. The molecule has 1 aliphatic heterocycles. The van der Waals surface area contributed by atoms with Crippen LogP contribution in [0.1, 0.15) is 24.0 Å². The molecule has 0 aromatic heterocycles. The number of benzene rings is 2. The molecule has 0 aliphatic carbocycles. The minimum absolute atomic E-state index is 0.0196. The Balaban J connectivity index is 1.58. The second-order valence-corrected chi connectivity index (χ2v) is 6.50. The molecule has 2 aromatic carbocycles. The highest BCUT2D eigenvalue weighted by atomic mass is 16.5. The Hall–Kier alpha value is -3.00. The lowest BCUT2D eigenvalue weighted by molar-refractivity contribution is -0.132. The van der Waals surface area contributed by atoms with Crippen molar-refractivity contribution in [3.63, 3.8) is 0 Å². The molecule has 0 radical (unpaired) electrons. The summed E-state index contributed by atoms with van der Waals surface area (Å²) in [6.45, 7) is 2.70. The van der Waals surface area contributed by atoms with E-state index in [-0.39, 0.29) is 12.5 Å². The fraction of sp³-hybridized carbons (Fsp3) is 0.333. The number of carbonyl (C=O) groups is 1. The van der Waals surface area contributed by atoms with Crippen LogP contribution in [-0.4, -0.2) is 37.6 Å². The topological polar surface area (TPSA) is 56.6 Å². The molecule has 0 saturated carbocycles. The summed E-state index contributed by atoms with van der Waals surface area (Å²) in [7, 11) is 1.80. The highest BCUT2D eigenvalue weighted by molar-refractivity contribution is 5.77. The number of para-hydroxylation sites is 1. The zero-order valence-electron chi connectivity index (χ0n) is 15.0. The Morgan fingerprint density at radius 2 is 1.85 bits per heavy atom. The molecule has 0 spiro atoms. The molecule has 5 heteroatoms. The average Bonchev–Trinajstić information content (AvgIpc) is 3.21. The maximum Gasteiger partial charge on any atom is 0.260 e. The van der Waals surface area contributed by atoms with Crippen molar-refractivity contribution in [2.75, 3.05) is 31.6 Å². The minimum atomic E-state index is -0.0782. The van der Waals surface area contributed by atoms with Crippen LogP contribution < -0.4 is 9.64 Å². The first-order chi connectivity index (χ1) is 12.7. The Kier molecular flexibility index (Phi) is 5.75. The number of likely N-dealkylation sites (N-methyl/N-ethyl adjacent to an activating group) is 1. The molecule has 1 aliphatic rings. The first-order valence-corrected chi connectivity index (χ1v) is 8.87. The van der Waals surface area contributed by atoms with Crippen molar-refractivity contribution in [3.8, 4) is 11.8 Å². The van der Waals surface area contributed by atoms with Gasteiger partial charge in [0.2, 0.25) is 0 Å². The van der Waals surface area contributed by atoms with Crippen molar-refractivity contribution in [1.82, 2.24) is 4.90 Å². The first kappa shape index (κ1) is 17.8. The Labute approximate surface area is 154 Å². The normalized spacial score (nSPS) is 13.3. The van der Waals surface area contributed by atoms with Gasteiger partial charge in [-0.05, 0) is 48.7 Å². The second-order valence-electron chi connectivity index (χ2n) is 6.50. The van der Waals surface area contributed by atoms with Crippen LogP contribution in [0.4, 0.5) is 5.69 Å². The third-order valence-electron chi connectivity index (χ3n) is 4.62. The molecule has 0 bridgehead atoms. The first-order valence-electron chi connectivity index (χ1n) is 8.87. The summed E-state index contributed by atoms with van der Waals surface area (Å²) >= 11 is 0. The number of carbonyl (C=O) groups excluding carboxylic acids is 1. The quantitative estimate of drug-likeness (QED) is 0.804. The molecule has 1 amide bonds. The van der Waals surface area contributed by atoms with Gasteiger partial charge in [-0.15, -0.1) is 0 Å². The van der Waals surface area contributed by atoms with Gasteiger partial charge in [0.15, 0.2) is 6.61 Å². The number of anilines is 1. The molecule has 0 unspecified atom stereocenters. The number of hydrogen-bond acceptors (Lipinski definition) is 4. The summed E-state index contributed by atoms with van der Waals surface area (Å²) < 4.78 is 5.55. The highest BCUT2D eigenvalue weighted by Crippen LogP contribution is 2.25. The number of nitrogens with zero attached hydrogens (tertiary/aromatic N) is 3. The predicted molar refractivity (Wildman–Crippen MR) is 101 cm³/mol. The maximum absolute atomic E-state index is 12.4. The van der Waals surface area contributed by atoms with Gasteiger partial charge in [0.25, 0.3) is 5.91 Å². The molecule has 3 rings (SSSR count). The van der Waals surface area contributed by atoms with Gasteiger partial charge in [-0.2, -0.15) is 5.26 Å². The Morgan fingerprint density at radius 3 is 2.54 bits per heavy atom. The van der Waals surface area contributed by atoms with Crippen LogP contribution in [0.3, 0.4) is 0 Å². The summed E-state index contributed by atoms with van der Waals surface area (Å²) in [4.78, 5) is 16.5. The third-order valence-corrected chi connectivity index (χ3v) is 4.62. The SMILES string of the molecule is CN(Cc1ccccc1N1CCCC1)C(=O)COc1ccc(C#N)cc1. The monoisotopic (exact) mass is 349 g/mol. The summed E-state index contributed by atoms with van der Waals surface area (Å²) in [6, 6.07) is 17.1. The van der Waals surface area contributed by atoms with Crippen LogP contribution in [0.5, 0.6) is 5.75 Å². The van der Waals surface area contributed by atoms with Crippen molar-refractivity contribution in [3.05, 3.63) is 59.7 Å². The van der Waals surface area contributed by atoms with E-state index in [0.717, 1.165) is 18.7 Å². The molecule has 5 nitrogen and oxygen atoms in total. The van der Waals surface area contributed by atoms with E-state index in [0.29, 0.717) is 17.9 Å². The zero-order valence-corrected chi connectivity index (χ0v) is 15.0. The van der Waals surface area contributed by atoms with Crippen molar-refractivity contribution < 1.29 is 9.53 Å². The van der Waals surface area contributed by atoms with Crippen LogP contribution in [0, 0.1) is 11.3 Å². The van der Waals surface area contributed by atoms with Gasteiger partial charge in [0, 0.05) is 32.4 Å². The zero-order chi connectivity index (χ0) is 18.4. The van der Waals surface area contributed by atoms with Gasteiger partial charge in [0.1, 0.15) is 5.75 Å². The molecule has 26 heavy (non-hydrogen) atoms. The lowest BCUT2D eigenvalue weighted by Gasteiger charge is -2.24. The van der Waals surface area contributed by atoms with Gasteiger partial charge in [-0.25, -0.2) is 0 Å². The minimum Gasteiger partial charge on any atom is -0.484 e. The summed E-state index contributed by atoms with van der Waals surface area (Å²) in [6.07, 6.45) is 2.45. The lowest BCUT2D eigenvalue weighted by Crippen LogP contribution is -2.31. The fourth-order valence-corrected chi connectivity index (χ4v) is 3.14. The number of ether oxygens (including phenoxy) is 1. The van der Waals surface area contributed by atoms with Crippen molar-refractivity contribution in [1.29, 1.82) is 5.26 Å². The molecule has 1 saturated heterocycles. The van der Waals surface area contributed by atoms with Crippen LogP contribution >= 0.6 is 0 Å². The van der Waals surface area contributed by atoms with Gasteiger partial charge < -0.3 is 14.5 Å². The third kappa shape index (κ3) is 4.34. The van der Waals surface area contributed by atoms with Crippen LogP contribution in [0.15, 0.2) is 48.5 Å². The summed E-state index contributed by atoms with van der Waals surface area (Å²) in [5.41, 5.74) is 2.94. The van der Waals surface area contributed by atoms with E-state index < -0.39 is 0 Å². The number of hydrogen-bond donors (Lipinski definition) is 0. The molecular formula is C21H23N3O2. The van der Waals surface area contributed by atoms with Crippen molar-refractivity contribution >= 4 is 11.6 Å². The molecule has 0 N–H and O–H groups in total. The molecule has 1 fully saturated rings. The van der Waals surface area contributed by atoms with Crippen LogP contribution in [-0.2, 0) is 11.3 Å². The standard InChI is InChI=1S/C21H23N3O2/c1-23(21(25)16-26-19-10-8-17(14-22)9-11-19)15-18-6-2-3-7-20(18)24-12-4-5-13-24/h2-3,6-11H,4-5,12-13,15-16H2,1H3. The lowest BCUT2D eigenvalue weighted by atomic mass is 10.1. The van der Waals surface area contributed by atoms with E-state index in [4.69, 9.17) is 10.00 Å². The molecule has 2 aromatic rings. The van der Waals surface area contributed by atoms with Gasteiger partial charge >= 0.3 is 0 Å². The molecule has 0 atom stereocenters. The molecule has 134 valence electrons. The number of rotatable bonds is 6. The maximum atomic E-state index is 12.4. The second kappa shape index (κ2) is 8.39. The van der Waals surface area contributed by atoms with Crippen molar-refractivity contribution in [2.45, 2.75) is 19.4 Å². The summed E-state index contributed by atoms with van der Waals surface area (Å²) in [5.74, 6) is 0.508. The Morgan fingerprint density at radius 1 is 1.15 bits per heavy atom. The van der Waals surface area contributed by atoms with Gasteiger partial charge in [0.05, 0.1) is 11.6 Å². The number of amides is 1. The van der Waals surface area contributed by atoms with E-state index in [1.807, 2.05) is 12.1 Å². The molecule has 1 heterocycles. The smallest absolute Gasteiger partial charge is 0.260 e. The van der Waals surface area contributed by atoms with E-state index in [1.165, 1.54) is 18.5 Å². The van der Waals surface area contributed by atoms with Crippen molar-refractivity contribution in [2.24, 2.45) is 0 Å². The van der Waals surface area contributed by atoms with Gasteiger partial charge in [-0.3, -0.25) is 4.79 Å². The Bertz CT molecular complexity index is 790.